The van der Waals surface area contributed by atoms with Crippen molar-refractivity contribution in [2.75, 3.05) is 0 Å². The predicted octanol–water partition coefficient (Wildman–Crippen LogP) is 0.738. The number of tetrazole rings is 1. The molecule has 9 heteroatoms. The zero-order chi connectivity index (χ0) is 16.1. The summed E-state index contributed by atoms with van der Waals surface area (Å²) in [4.78, 5) is 29.0. The molecule has 3 rings (SSSR count). The minimum atomic E-state index is -0.485. The first-order valence-corrected chi connectivity index (χ1v) is 7.63. The minimum Gasteiger partial charge on any atom is -0.271 e. The van der Waals surface area contributed by atoms with Gasteiger partial charge in [0.1, 0.15) is 11.5 Å². The number of rotatable bonds is 6. The van der Waals surface area contributed by atoms with Gasteiger partial charge in [0.25, 0.3) is 5.91 Å². The summed E-state index contributed by atoms with van der Waals surface area (Å²) < 4.78 is 2.11. The van der Waals surface area contributed by atoms with Gasteiger partial charge in [-0.1, -0.05) is 30.3 Å². The smallest absolute Gasteiger partial charge is 0.271 e. The summed E-state index contributed by atoms with van der Waals surface area (Å²) in [5, 5.41) is 9.90. The van der Waals surface area contributed by atoms with E-state index in [1.165, 1.54) is 11.3 Å². The molecular formula is C14H13N5O3S. The Morgan fingerprint density at radius 1 is 1.17 bits per heavy atom. The van der Waals surface area contributed by atoms with Gasteiger partial charge in [-0.3, -0.25) is 9.63 Å². The molecule has 118 valence electrons. The molecule has 0 aliphatic heterocycles. The molecule has 0 fully saturated rings. The van der Waals surface area contributed by atoms with Crippen LogP contribution in [0.3, 0.4) is 0 Å². The second-order valence-electron chi connectivity index (χ2n) is 4.58. The molecule has 0 spiro atoms. The Hall–Kier alpha value is -2.78. The number of nitrogens with zero attached hydrogens (tertiary/aromatic N) is 4. The number of nitrogens with one attached hydrogen (secondary N) is 1. The maximum Gasteiger partial charge on any atom is 0.369 e. The number of hydrogen-bond acceptors (Lipinski definition) is 6. The maximum atomic E-state index is 12.1. The molecule has 0 saturated carbocycles. The van der Waals surface area contributed by atoms with Gasteiger partial charge in [0.15, 0.2) is 0 Å². The van der Waals surface area contributed by atoms with Crippen LogP contribution in [0.2, 0.25) is 0 Å². The molecule has 2 heterocycles. The predicted molar refractivity (Wildman–Crippen MR) is 82.9 cm³/mol. The van der Waals surface area contributed by atoms with Gasteiger partial charge in [0, 0.05) is 0 Å². The summed E-state index contributed by atoms with van der Waals surface area (Å²) in [7, 11) is 0. The third-order valence-electron chi connectivity index (χ3n) is 2.92. The summed E-state index contributed by atoms with van der Waals surface area (Å²) in [6, 6.07) is 13.0. The Morgan fingerprint density at radius 3 is 2.74 bits per heavy atom. The summed E-state index contributed by atoms with van der Waals surface area (Å²) in [6.45, 7) is -0.0254. The van der Waals surface area contributed by atoms with E-state index in [0.29, 0.717) is 5.00 Å². The number of hydrogen-bond donors (Lipinski definition) is 1. The molecule has 0 unspecified atom stereocenters. The highest BCUT2D eigenvalue weighted by Crippen LogP contribution is 2.10. The van der Waals surface area contributed by atoms with Crippen molar-refractivity contribution in [3.05, 3.63) is 63.9 Å². The zero-order valence-electron chi connectivity index (χ0n) is 12.0. The average Bonchev–Trinajstić information content (AvgIpc) is 3.19. The van der Waals surface area contributed by atoms with E-state index in [4.69, 9.17) is 4.84 Å². The summed E-state index contributed by atoms with van der Waals surface area (Å²) in [5.74, 6) is -0.485. The van der Waals surface area contributed by atoms with Crippen LogP contribution >= 0.6 is 11.3 Å². The van der Waals surface area contributed by atoms with Crippen LogP contribution in [-0.4, -0.2) is 25.7 Å². The quantitative estimate of drug-likeness (QED) is 0.673. The second-order valence-corrected chi connectivity index (χ2v) is 5.51. The number of benzene rings is 1. The molecule has 0 aliphatic carbocycles. The molecule has 23 heavy (non-hydrogen) atoms. The lowest BCUT2D eigenvalue weighted by Crippen LogP contribution is -2.33. The molecule has 0 saturated heterocycles. The fourth-order valence-corrected chi connectivity index (χ4v) is 2.51. The molecule has 0 aliphatic rings. The van der Waals surface area contributed by atoms with Crippen LogP contribution in [0.1, 0.15) is 5.56 Å². The van der Waals surface area contributed by atoms with Crippen LogP contribution in [0.25, 0.3) is 5.00 Å². The number of carbonyl (C=O) groups excluding carboxylic acids is 1. The van der Waals surface area contributed by atoms with Crippen LogP contribution in [-0.2, 0) is 22.8 Å². The van der Waals surface area contributed by atoms with Crippen molar-refractivity contribution in [3.8, 4) is 5.00 Å². The highest BCUT2D eigenvalue weighted by atomic mass is 32.1. The minimum absolute atomic E-state index is 0.239. The molecular weight excluding hydrogens is 318 g/mol. The Bertz CT molecular complexity index is 826. The maximum absolute atomic E-state index is 12.1. The summed E-state index contributed by atoms with van der Waals surface area (Å²) in [5.41, 5.74) is 2.72. The van der Waals surface area contributed by atoms with Crippen LogP contribution < -0.4 is 11.2 Å². The van der Waals surface area contributed by atoms with Crippen molar-refractivity contribution in [3.63, 3.8) is 0 Å². The third kappa shape index (κ3) is 3.71. The van der Waals surface area contributed by atoms with Gasteiger partial charge in [-0.05, 0) is 33.5 Å². The number of aromatic nitrogens is 4. The molecule has 1 N–H and O–H groups in total. The third-order valence-corrected chi connectivity index (χ3v) is 3.76. The van der Waals surface area contributed by atoms with Crippen molar-refractivity contribution < 1.29 is 9.63 Å². The Labute approximate surface area is 134 Å². The topological polar surface area (TPSA) is 91.0 Å². The van der Waals surface area contributed by atoms with Gasteiger partial charge in [-0.15, -0.1) is 11.3 Å². The van der Waals surface area contributed by atoms with Crippen LogP contribution in [0.5, 0.6) is 0 Å². The molecule has 3 aromatic rings. The van der Waals surface area contributed by atoms with E-state index in [1.807, 2.05) is 35.7 Å². The molecule has 0 radical (unpaired) electrons. The van der Waals surface area contributed by atoms with Crippen LogP contribution in [0.15, 0.2) is 52.6 Å². The number of amides is 1. The van der Waals surface area contributed by atoms with E-state index in [1.54, 1.807) is 12.1 Å². The van der Waals surface area contributed by atoms with E-state index < -0.39 is 11.6 Å². The SMILES string of the molecule is O=C(Cn1nnn(-c2cccs2)c1=O)NOCc1ccccc1. The first kappa shape index (κ1) is 15.1. The van der Waals surface area contributed by atoms with Gasteiger partial charge in [0.05, 0.1) is 6.61 Å². The summed E-state index contributed by atoms with van der Waals surface area (Å²) >= 11 is 1.36. The number of carbonyl (C=O) groups is 1. The molecule has 0 atom stereocenters. The fraction of sp³-hybridized carbons (Fsp3) is 0.143. The Morgan fingerprint density at radius 2 is 2.00 bits per heavy atom. The van der Waals surface area contributed by atoms with Crippen LogP contribution in [0, 0.1) is 0 Å². The molecule has 1 amide bonds. The normalized spacial score (nSPS) is 10.6. The standard InChI is InChI=1S/C14H13N5O3S/c20-12(15-22-10-11-5-2-1-3-6-11)9-18-14(21)19(17-16-18)13-7-4-8-23-13/h1-8H,9-10H2,(H,15,20). The van der Waals surface area contributed by atoms with Crippen molar-refractivity contribution in [1.82, 2.24) is 25.3 Å². The largest absolute Gasteiger partial charge is 0.369 e. The number of hydroxylamine groups is 1. The Balaban J connectivity index is 1.55. The molecule has 8 nitrogen and oxygen atoms in total. The molecule has 1 aromatic carbocycles. The van der Waals surface area contributed by atoms with Crippen molar-refractivity contribution in [1.29, 1.82) is 0 Å². The second kappa shape index (κ2) is 6.99. The van der Waals surface area contributed by atoms with E-state index in [-0.39, 0.29) is 13.2 Å². The summed E-state index contributed by atoms with van der Waals surface area (Å²) in [6.07, 6.45) is 0. The lowest BCUT2D eigenvalue weighted by atomic mass is 10.2. The van der Waals surface area contributed by atoms with Gasteiger partial charge in [-0.2, -0.15) is 9.36 Å². The van der Waals surface area contributed by atoms with Gasteiger partial charge in [0.2, 0.25) is 0 Å². The van der Waals surface area contributed by atoms with E-state index in [2.05, 4.69) is 15.9 Å². The average molecular weight is 331 g/mol. The highest BCUT2D eigenvalue weighted by molar-refractivity contribution is 7.12. The highest BCUT2D eigenvalue weighted by Gasteiger charge is 2.12. The first-order chi connectivity index (χ1) is 11.2. The number of thiophene rings is 1. The van der Waals surface area contributed by atoms with Gasteiger partial charge in [-0.25, -0.2) is 10.3 Å². The molecule has 2 aromatic heterocycles. The van der Waals surface area contributed by atoms with Gasteiger partial charge >= 0.3 is 5.69 Å². The van der Waals surface area contributed by atoms with E-state index >= 15 is 0 Å². The van der Waals surface area contributed by atoms with Crippen molar-refractivity contribution in [2.24, 2.45) is 0 Å². The monoisotopic (exact) mass is 331 g/mol. The van der Waals surface area contributed by atoms with Crippen molar-refractivity contribution >= 4 is 17.2 Å². The van der Waals surface area contributed by atoms with Crippen LogP contribution in [0.4, 0.5) is 0 Å². The Kier molecular flexibility index (Phi) is 4.60. The van der Waals surface area contributed by atoms with E-state index in [0.717, 1.165) is 14.9 Å². The van der Waals surface area contributed by atoms with Gasteiger partial charge < -0.3 is 0 Å². The fourth-order valence-electron chi connectivity index (χ4n) is 1.84. The zero-order valence-corrected chi connectivity index (χ0v) is 12.8. The lowest BCUT2D eigenvalue weighted by molar-refractivity contribution is -0.135. The molecule has 0 bridgehead atoms. The van der Waals surface area contributed by atoms with Crippen molar-refractivity contribution in [2.45, 2.75) is 13.2 Å². The van der Waals surface area contributed by atoms with E-state index in [9.17, 15) is 9.59 Å². The lowest BCUT2D eigenvalue weighted by Gasteiger charge is -2.05. The first-order valence-electron chi connectivity index (χ1n) is 6.75.